The molecule has 0 saturated carbocycles. The van der Waals surface area contributed by atoms with Crippen LogP contribution < -0.4 is 9.47 Å². The van der Waals surface area contributed by atoms with Crippen LogP contribution >= 0.6 is 15.9 Å². The van der Waals surface area contributed by atoms with Crippen molar-refractivity contribution in [1.82, 2.24) is 4.98 Å². The van der Waals surface area contributed by atoms with Gasteiger partial charge in [-0.15, -0.1) is 0 Å². The van der Waals surface area contributed by atoms with E-state index in [2.05, 4.69) is 180 Å². The highest BCUT2D eigenvalue weighted by Gasteiger charge is 2.30. The van der Waals surface area contributed by atoms with Gasteiger partial charge in [0.05, 0.1) is 11.4 Å². The van der Waals surface area contributed by atoms with Crippen LogP contribution in [0.4, 0.5) is 0 Å². The van der Waals surface area contributed by atoms with E-state index in [1.807, 2.05) is 12.1 Å². The highest BCUT2D eigenvalue weighted by molar-refractivity contribution is 9.10. The van der Waals surface area contributed by atoms with Gasteiger partial charge < -0.3 is 24.8 Å². The lowest BCUT2D eigenvalue weighted by atomic mass is 9.79. The minimum atomic E-state index is -0.250. The molecular weight excluding hydrogens is 919 g/mol. The van der Waals surface area contributed by atoms with Crippen LogP contribution in [0, 0.1) is 0 Å². The predicted molar refractivity (Wildman–Crippen MR) is 285 cm³/mol. The van der Waals surface area contributed by atoms with Gasteiger partial charge in [0.15, 0.2) is 0 Å². The second kappa shape index (κ2) is 17.8. The summed E-state index contributed by atoms with van der Waals surface area (Å²) in [6.45, 7) is 33.6. The summed E-state index contributed by atoms with van der Waals surface area (Å²) in [7, 11) is 0. The lowest BCUT2D eigenvalue weighted by molar-refractivity contribution is 0.284. The van der Waals surface area contributed by atoms with Crippen molar-refractivity contribution >= 4 is 15.9 Å². The number of halogens is 1. The van der Waals surface area contributed by atoms with Gasteiger partial charge in [0.1, 0.15) is 42.0 Å². The molecule has 69 heavy (non-hydrogen) atoms. The van der Waals surface area contributed by atoms with Crippen molar-refractivity contribution in [3.8, 4) is 28.7 Å². The van der Waals surface area contributed by atoms with Crippen LogP contribution in [0.5, 0.6) is 28.7 Å². The molecule has 1 aliphatic carbocycles. The van der Waals surface area contributed by atoms with Gasteiger partial charge in [-0.25, -0.2) is 0 Å². The van der Waals surface area contributed by atoms with E-state index in [0.29, 0.717) is 43.6 Å². The number of phenols is 3. The Morgan fingerprint density at radius 1 is 0.348 bits per heavy atom. The van der Waals surface area contributed by atoms with Crippen molar-refractivity contribution in [1.29, 1.82) is 0 Å². The van der Waals surface area contributed by atoms with E-state index < -0.39 is 0 Å². The van der Waals surface area contributed by atoms with Gasteiger partial charge in [-0.2, -0.15) is 0 Å². The molecule has 0 fully saturated rings. The van der Waals surface area contributed by atoms with Gasteiger partial charge in [-0.3, -0.25) is 4.98 Å². The first-order valence-corrected chi connectivity index (χ1v) is 25.5. The van der Waals surface area contributed by atoms with Crippen LogP contribution in [0.2, 0.25) is 0 Å². The molecule has 2 aliphatic heterocycles. The lowest BCUT2D eigenvalue weighted by Gasteiger charge is -2.28. The van der Waals surface area contributed by atoms with Gasteiger partial charge in [0.2, 0.25) is 0 Å². The molecule has 0 atom stereocenters. The summed E-state index contributed by atoms with van der Waals surface area (Å²) < 4.78 is 15.1. The van der Waals surface area contributed by atoms with E-state index in [4.69, 9.17) is 14.5 Å². The van der Waals surface area contributed by atoms with Crippen LogP contribution in [0.15, 0.2) is 77.3 Å². The number of pyridine rings is 1. The number of ether oxygens (including phenoxy) is 2. The fourth-order valence-corrected chi connectivity index (χ4v) is 10.3. The smallest absolute Gasteiger partial charge is 0.130 e. The quantitative estimate of drug-likeness (QED) is 0.140. The Labute approximate surface area is 420 Å². The molecule has 5 aromatic carbocycles. The predicted octanol–water partition coefficient (Wildman–Crippen LogP) is 15.2. The average Bonchev–Trinajstić information content (AvgIpc) is 3.21. The van der Waals surface area contributed by atoms with Crippen molar-refractivity contribution in [2.45, 2.75) is 176 Å². The summed E-state index contributed by atoms with van der Waals surface area (Å²) in [5.41, 5.74) is 14.3. The highest BCUT2D eigenvalue weighted by atomic mass is 79.9. The van der Waals surface area contributed by atoms with Gasteiger partial charge in [0.25, 0.3) is 0 Å². The van der Waals surface area contributed by atoms with Crippen molar-refractivity contribution < 1.29 is 24.8 Å². The fourth-order valence-electron chi connectivity index (χ4n) is 9.73. The Kier molecular flexibility index (Phi) is 13.0. The number of hydrogen-bond acceptors (Lipinski definition) is 6. The molecule has 6 aromatic rings. The van der Waals surface area contributed by atoms with E-state index in [1.54, 1.807) is 0 Å². The van der Waals surface area contributed by atoms with Gasteiger partial charge in [-0.1, -0.05) is 180 Å². The fraction of sp³-hybridized carbons (Fsp3) is 0.435. The highest BCUT2D eigenvalue weighted by Crippen LogP contribution is 2.45. The molecule has 3 heterocycles. The molecule has 3 N–H and O–H groups in total. The van der Waals surface area contributed by atoms with Crippen molar-refractivity contribution in [3.05, 3.63) is 172 Å². The summed E-state index contributed by atoms with van der Waals surface area (Å²) in [5, 5.41) is 38.1. The molecule has 1 aromatic heterocycles. The second-order valence-corrected chi connectivity index (χ2v) is 26.1. The van der Waals surface area contributed by atoms with E-state index in [-0.39, 0.29) is 57.5 Å². The van der Waals surface area contributed by atoms with E-state index in [9.17, 15) is 15.3 Å². The second-order valence-electron chi connectivity index (χ2n) is 25.2. The third-order valence-electron chi connectivity index (χ3n) is 14.1. The summed E-state index contributed by atoms with van der Waals surface area (Å²) in [5.74, 6) is 2.08. The lowest BCUT2D eigenvalue weighted by Crippen LogP contribution is -2.17. The van der Waals surface area contributed by atoms with Gasteiger partial charge >= 0.3 is 0 Å². The zero-order chi connectivity index (χ0) is 50.3. The molecule has 364 valence electrons. The molecule has 0 spiro atoms. The number of hydrogen-bond donors (Lipinski definition) is 3. The van der Waals surface area contributed by atoms with Crippen molar-refractivity contribution in [3.63, 3.8) is 0 Å². The molecule has 14 bridgehead atoms. The van der Waals surface area contributed by atoms with Crippen LogP contribution in [-0.2, 0) is 72.4 Å². The van der Waals surface area contributed by atoms with E-state index in [1.165, 1.54) is 0 Å². The van der Waals surface area contributed by atoms with Crippen molar-refractivity contribution in [2.75, 3.05) is 0 Å². The third-order valence-corrected chi connectivity index (χ3v) is 14.6. The number of aromatic hydroxyl groups is 3. The summed E-state index contributed by atoms with van der Waals surface area (Å²) in [6.07, 6.45) is 1.91. The van der Waals surface area contributed by atoms with Crippen LogP contribution in [0.3, 0.4) is 0 Å². The zero-order valence-corrected chi connectivity index (χ0v) is 45.4. The zero-order valence-electron chi connectivity index (χ0n) is 43.9. The largest absolute Gasteiger partial charge is 0.507 e. The minimum Gasteiger partial charge on any atom is -0.507 e. The maximum absolute atomic E-state index is 12.8. The summed E-state index contributed by atoms with van der Waals surface area (Å²) >= 11 is 3.80. The van der Waals surface area contributed by atoms with Crippen LogP contribution in [0.25, 0.3) is 0 Å². The molecule has 6 nitrogen and oxygen atoms in total. The average molecular weight is 993 g/mol. The van der Waals surface area contributed by atoms with E-state index in [0.717, 1.165) is 99.3 Å². The Morgan fingerprint density at radius 2 is 0.551 bits per heavy atom. The molecule has 7 heteroatoms. The third kappa shape index (κ3) is 10.7. The number of fused-ring (bicyclic) bond motifs is 2. The number of nitrogens with zero attached hydrogens (tertiary/aromatic N) is 1. The molecular formula is C62H74BrNO5. The first-order valence-electron chi connectivity index (χ1n) is 24.7. The molecule has 9 rings (SSSR count). The Morgan fingerprint density at radius 3 is 0.768 bits per heavy atom. The molecule has 0 radical (unpaired) electrons. The van der Waals surface area contributed by atoms with Crippen LogP contribution in [-0.4, -0.2) is 20.3 Å². The Bertz CT molecular complexity index is 2790. The number of phenolic OH excluding ortho intramolecular Hbond substituents is 3. The normalized spacial score (nSPS) is 14.7. The number of benzene rings is 5. The number of aromatic nitrogens is 1. The standard InChI is InChI=1S/C62H74BrNO5/c1-58(2,3)45-21-35-16-36-22-46(59(4,5)6)24-38(54(36)66)18-42-28-49(62(13,14)15)30-44-20-40-26-47(60(7,8)9)25-39(55(40)67)19-43-29-48(61(10,11)12)27-41(17-37(23-45)53(35)65)56(43)68-33-51-31-50(63)32-52(64-51)34-69-57(42)44/h21-32,65-67H,16-20,33-34H2,1-15H3. The topological polar surface area (TPSA) is 92.0 Å². The minimum absolute atomic E-state index is 0.181. The Hall–Kier alpha value is -5.27. The first-order chi connectivity index (χ1) is 31.9. The maximum atomic E-state index is 12.8. The van der Waals surface area contributed by atoms with Gasteiger partial charge in [-0.05, 0) is 123 Å². The molecule has 0 amide bonds. The Balaban J connectivity index is 1.56. The SMILES string of the molecule is CC(C)(C)c1cc2c(O)c(c1)Cc1cc(C(C)(C)C)cc3c1OCc1cc(Br)cc(n1)COc1c(cc(C(C)(C)C)cc1Cc1cc(C(C)(C)C)cc(c1O)C3)Cc1cc(C(C)(C)C)cc(c1O)C2. The van der Waals surface area contributed by atoms with E-state index >= 15 is 0 Å². The maximum Gasteiger partial charge on any atom is 0.130 e. The van der Waals surface area contributed by atoms with Gasteiger partial charge in [0, 0.05) is 36.6 Å². The molecule has 0 unspecified atom stereocenters. The summed E-state index contributed by atoms with van der Waals surface area (Å²) in [6, 6.07) is 25.9. The molecule has 3 aliphatic rings. The monoisotopic (exact) mass is 991 g/mol. The first kappa shape index (κ1) is 50.1. The molecule has 0 saturated heterocycles. The van der Waals surface area contributed by atoms with Crippen molar-refractivity contribution in [2.24, 2.45) is 0 Å². The number of rotatable bonds is 0. The van der Waals surface area contributed by atoms with Crippen LogP contribution in [0.1, 0.15) is 199 Å². The summed E-state index contributed by atoms with van der Waals surface area (Å²) in [4.78, 5) is 5.15.